The first-order chi connectivity index (χ1) is 16.5. The first-order valence-electron chi connectivity index (χ1n) is 12.3. The lowest BCUT2D eigenvalue weighted by atomic mass is 9.88. The number of nitrogens with one attached hydrogen (secondary N) is 1. The predicted molar refractivity (Wildman–Crippen MR) is 138 cm³/mol. The van der Waals surface area contributed by atoms with Gasteiger partial charge in [0.15, 0.2) is 0 Å². The van der Waals surface area contributed by atoms with Gasteiger partial charge in [-0.2, -0.15) is 0 Å². The highest BCUT2D eigenvalue weighted by Crippen LogP contribution is 2.29. The lowest BCUT2D eigenvalue weighted by Crippen LogP contribution is -2.51. The van der Waals surface area contributed by atoms with Crippen molar-refractivity contribution >= 4 is 11.8 Å². The summed E-state index contributed by atoms with van der Waals surface area (Å²) >= 11 is 0. The van der Waals surface area contributed by atoms with Crippen LogP contribution >= 0.6 is 0 Å². The molecule has 0 heterocycles. The predicted octanol–water partition coefficient (Wildman–Crippen LogP) is 5.93. The molecule has 0 saturated carbocycles. The van der Waals surface area contributed by atoms with Crippen molar-refractivity contribution in [2.75, 3.05) is 0 Å². The molecular weight excluding hydrogens is 420 g/mol. The zero-order valence-corrected chi connectivity index (χ0v) is 20.5. The molecule has 0 saturated heterocycles. The summed E-state index contributed by atoms with van der Waals surface area (Å²) in [6.45, 7) is 6.42. The Labute approximate surface area is 204 Å². The zero-order valence-electron chi connectivity index (χ0n) is 20.5. The number of benzene rings is 3. The Balaban J connectivity index is 1.93. The molecule has 3 aromatic carbocycles. The van der Waals surface area contributed by atoms with Crippen molar-refractivity contribution in [3.05, 3.63) is 108 Å². The minimum atomic E-state index is -0.520. The molecule has 0 aliphatic heterocycles. The molecule has 0 spiro atoms. The number of carbonyl (C=O) groups excluding carboxylic acids is 2. The number of carbonyl (C=O) groups is 2. The molecule has 2 amide bonds. The first kappa shape index (κ1) is 25.2. The van der Waals surface area contributed by atoms with Crippen LogP contribution in [0.25, 0.3) is 0 Å². The van der Waals surface area contributed by atoms with E-state index in [-0.39, 0.29) is 23.8 Å². The summed E-state index contributed by atoms with van der Waals surface area (Å²) in [5, 5.41) is 3.09. The molecule has 2 atom stereocenters. The van der Waals surface area contributed by atoms with Crippen LogP contribution in [0.5, 0.6) is 0 Å². The van der Waals surface area contributed by atoms with Crippen molar-refractivity contribution in [2.45, 2.75) is 64.6 Å². The second-order valence-corrected chi connectivity index (χ2v) is 8.83. The van der Waals surface area contributed by atoms with Crippen molar-refractivity contribution in [1.82, 2.24) is 10.2 Å². The van der Waals surface area contributed by atoms with E-state index in [1.54, 1.807) is 4.90 Å². The van der Waals surface area contributed by atoms with Crippen LogP contribution in [0.3, 0.4) is 0 Å². The van der Waals surface area contributed by atoms with Crippen LogP contribution in [0.1, 0.15) is 62.6 Å². The van der Waals surface area contributed by atoms with Gasteiger partial charge in [-0.3, -0.25) is 9.59 Å². The van der Waals surface area contributed by atoms with Crippen molar-refractivity contribution < 1.29 is 9.59 Å². The smallest absolute Gasteiger partial charge is 0.243 e. The summed E-state index contributed by atoms with van der Waals surface area (Å²) in [5.41, 5.74) is 3.21. The number of amides is 2. The standard InChI is InChI=1S/C30H36N2O2/c1-4-23(3)31-30(34)28(5-2)32(22-24-15-9-6-10-16-24)29(33)21-27(25-17-11-7-12-18-25)26-19-13-8-14-20-26/h6-20,23,27-28H,4-5,21-22H2,1-3H3,(H,31,34)/t23-,28+/m0/s1. The summed E-state index contributed by atoms with van der Waals surface area (Å²) < 4.78 is 0. The minimum Gasteiger partial charge on any atom is -0.352 e. The Morgan fingerprint density at radius 1 is 0.765 bits per heavy atom. The summed E-state index contributed by atoms with van der Waals surface area (Å²) in [5.74, 6) is -0.187. The van der Waals surface area contributed by atoms with Crippen LogP contribution in [-0.2, 0) is 16.1 Å². The van der Waals surface area contributed by atoms with Gasteiger partial charge in [0.1, 0.15) is 6.04 Å². The topological polar surface area (TPSA) is 49.4 Å². The molecule has 3 aromatic rings. The molecule has 3 rings (SSSR count). The number of rotatable bonds is 11. The lowest BCUT2D eigenvalue weighted by molar-refractivity contribution is -0.141. The molecule has 0 fully saturated rings. The molecule has 0 bridgehead atoms. The van der Waals surface area contributed by atoms with Gasteiger partial charge in [0.25, 0.3) is 0 Å². The Morgan fingerprint density at radius 3 is 1.74 bits per heavy atom. The molecule has 0 aliphatic carbocycles. The van der Waals surface area contributed by atoms with Crippen molar-refractivity contribution in [1.29, 1.82) is 0 Å². The van der Waals surface area contributed by atoms with Gasteiger partial charge in [-0.25, -0.2) is 0 Å². The number of hydrogen-bond donors (Lipinski definition) is 1. The average molecular weight is 457 g/mol. The first-order valence-corrected chi connectivity index (χ1v) is 12.3. The fraction of sp³-hybridized carbons (Fsp3) is 0.333. The van der Waals surface area contributed by atoms with Gasteiger partial charge in [0.05, 0.1) is 0 Å². The van der Waals surface area contributed by atoms with E-state index in [0.29, 0.717) is 19.4 Å². The maximum atomic E-state index is 13.9. The van der Waals surface area contributed by atoms with Gasteiger partial charge in [0, 0.05) is 24.9 Å². The molecule has 4 heteroatoms. The van der Waals surface area contributed by atoms with Gasteiger partial charge in [-0.1, -0.05) is 105 Å². The van der Waals surface area contributed by atoms with Crippen molar-refractivity contribution in [3.63, 3.8) is 0 Å². The highest BCUT2D eigenvalue weighted by molar-refractivity contribution is 5.88. The van der Waals surface area contributed by atoms with Crippen LogP contribution in [0.15, 0.2) is 91.0 Å². The Bertz CT molecular complexity index is 982. The third-order valence-electron chi connectivity index (χ3n) is 6.37. The van der Waals surface area contributed by atoms with Gasteiger partial charge in [-0.15, -0.1) is 0 Å². The molecule has 0 radical (unpaired) electrons. The van der Waals surface area contributed by atoms with Gasteiger partial charge < -0.3 is 10.2 Å². The van der Waals surface area contributed by atoms with Crippen LogP contribution in [0.2, 0.25) is 0 Å². The van der Waals surface area contributed by atoms with E-state index in [1.807, 2.05) is 87.5 Å². The molecular formula is C30H36N2O2. The van der Waals surface area contributed by atoms with E-state index in [9.17, 15) is 9.59 Å². The highest BCUT2D eigenvalue weighted by Gasteiger charge is 2.31. The molecule has 4 nitrogen and oxygen atoms in total. The Morgan fingerprint density at radius 2 is 1.26 bits per heavy atom. The molecule has 1 N–H and O–H groups in total. The van der Waals surface area contributed by atoms with E-state index < -0.39 is 6.04 Å². The summed E-state index contributed by atoms with van der Waals surface area (Å²) in [4.78, 5) is 28.9. The van der Waals surface area contributed by atoms with E-state index in [0.717, 1.165) is 23.1 Å². The maximum Gasteiger partial charge on any atom is 0.243 e. The van der Waals surface area contributed by atoms with E-state index in [1.165, 1.54) is 0 Å². The monoisotopic (exact) mass is 456 g/mol. The lowest BCUT2D eigenvalue weighted by Gasteiger charge is -2.33. The Hall–Kier alpha value is -3.40. The fourth-order valence-electron chi connectivity index (χ4n) is 4.23. The van der Waals surface area contributed by atoms with Crippen LogP contribution < -0.4 is 5.32 Å². The SMILES string of the molecule is CC[C@H](C(=O)N[C@@H](C)CC)N(Cc1ccccc1)C(=O)CC(c1ccccc1)c1ccccc1. The normalized spacial score (nSPS) is 12.7. The quantitative estimate of drug-likeness (QED) is 0.389. The van der Waals surface area contributed by atoms with E-state index >= 15 is 0 Å². The van der Waals surface area contributed by atoms with Crippen LogP contribution in [0, 0.1) is 0 Å². The number of nitrogens with zero attached hydrogens (tertiary/aromatic N) is 1. The second-order valence-electron chi connectivity index (χ2n) is 8.83. The summed E-state index contributed by atoms with van der Waals surface area (Å²) in [6, 6.07) is 29.7. The third-order valence-corrected chi connectivity index (χ3v) is 6.37. The molecule has 0 aliphatic rings. The summed E-state index contributed by atoms with van der Waals surface area (Å²) in [6.07, 6.45) is 1.70. The van der Waals surface area contributed by atoms with Gasteiger partial charge in [-0.05, 0) is 36.5 Å². The van der Waals surface area contributed by atoms with Gasteiger partial charge >= 0.3 is 0 Å². The van der Waals surface area contributed by atoms with E-state index in [2.05, 4.69) is 29.6 Å². The molecule has 0 unspecified atom stereocenters. The van der Waals surface area contributed by atoms with E-state index in [4.69, 9.17) is 0 Å². The fourth-order valence-corrected chi connectivity index (χ4v) is 4.23. The summed E-state index contributed by atoms with van der Waals surface area (Å²) in [7, 11) is 0. The number of hydrogen-bond acceptors (Lipinski definition) is 2. The van der Waals surface area contributed by atoms with Crippen LogP contribution in [-0.4, -0.2) is 28.8 Å². The Kier molecular flexibility index (Phi) is 9.45. The third kappa shape index (κ3) is 6.80. The second kappa shape index (κ2) is 12.7. The zero-order chi connectivity index (χ0) is 24.3. The van der Waals surface area contributed by atoms with Crippen molar-refractivity contribution in [2.24, 2.45) is 0 Å². The minimum absolute atomic E-state index is 0.0206. The van der Waals surface area contributed by atoms with Crippen LogP contribution in [0.4, 0.5) is 0 Å². The molecule has 34 heavy (non-hydrogen) atoms. The van der Waals surface area contributed by atoms with Crippen molar-refractivity contribution in [3.8, 4) is 0 Å². The maximum absolute atomic E-state index is 13.9. The molecule has 0 aromatic heterocycles. The molecule has 178 valence electrons. The average Bonchev–Trinajstić information content (AvgIpc) is 2.88. The highest BCUT2D eigenvalue weighted by atomic mass is 16.2. The van der Waals surface area contributed by atoms with Gasteiger partial charge in [0.2, 0.25) is 11.8 Å². The largest absolute Gasteiger partial charge is 0.352 e.